The van der Waals surface area contributed by atoms with Gasteiger partial charge < -0.3 is 9.73 Å². The Morgan fingerprint density at radius 3 is 2.88 bits per heavy atom. The van der Waals surface area contributed by atoms with Crippen molar-refractivity contribution in [2.75, 3.05) is 0 Å². The minimum atomic E-state index is 0.300. The largest absolute Gasteiger partial charge is 0.469 e. The third-order valence-corrected chi connectivity index (χ3v) is 2.85. The lowest BCUT2D eigenvalue weighted by Gasteiger charge is -2.18. The molecule has 0 saturated heterocycles. The van der Waals surface area contributed by atoms with E-state index in [9.17, 15) is 0 Å². The van der Waals surface area contributed by atoms with Crippen LogP contribution in [-0.4, -0.2) is 15.8 Å². The molecule has 2 heterocycles. The zero-order valence-corrected chi connectivity index (χ0v) is 10.6. The maximum absolute atomic E-state index is 5.34. The molecule has 17 heavy (non-hydrogen) atoms. The predicted molar refractivity (Wildman–Crippen MR) is 66.6 cm³/mol. The molecule has 2 aromatic rings. The van der Waals surface area contributed by atoms with Gasteiger partial charge in [-0.05, 0) is 26.0 Å². The van der Waals surface area contributed by atoms with Gasteiger partial charge in [0.1, 0.15) is 5.76 Å². The number of furan rings is 1. The molecule has 4 nitrogen and oxygen atoms in total. The van der Waals surface area contributed by atoms with Crippen molar-refractivity contribution in [1.29, 1.82) is 0 Å². The summed E-state index contributed by atoms with van der Waals surface area (Å²) in [4.78, 5) is 0. The van der Waals surface area contributed by atoms with Gasteiger partial charge in [-0.3, -0.25) is 4.68 Å². The molecule has 0 radical (unpaired) electrons. The van der Waals surface area contributed by atoms with Gasteiger partial charge in [-0.15, -0.1) is 0 Å². The van der Waals surface area contributed by atoms with Crippen LogP contribution in [-0.2, 0) is 13.5 Å². The minimum Gasteiger partial charge on any atom is -0.469 e. The molecule has 0 aromatic carbocycles. The molecule has 0 amide bonds. The Kier molecular flexibility index (Phi) is 3.64. The van der Waals surface area contributed by atoms with Crippen LogP contribution >= 0.6 is 0 Å². The number of nitrogens with zero attached hydrogens (tertiary/aromatic N) is 2. The van der Waals surface area contributed by atoms with Crippen molar-refractivity contribution in [3.05, 3.63) is 42.1 Å². The SMILES string of the molecule is CC(Cc1ccco1)NC(C)c1cnn(C)c1. The molecule has 0 bridgehead atoms. The van der Waals surface area contributed by atoms with Crippen molar-refractivity contribution in [1.82, 2.24) is 15.1 Å². The van der Waals surface area contributed by atoms with Crippen LogP contribution in [0.5, 0.6) is 0 Å². The fourth-order valence-corrected chi connectivity index (χ4v) is 1.98. The quantitative estimate of drug-likeness (QED) is 0.861. The number of rotatable bonds is 5. The molecule has 4 heteroatoms. The van der Waals surface area contributed by atoms with Crippen LogP contribution in [0.2, 0.25) is 0 Å². The van der Waals surface area contributed by atoms with E-state index in [2.05, 4.69) is 24.3 Å². The lowest BCUT2D eigenvalue weighted by molar-refractivity contribution is 0.429. The van der Waals surface area contributed by atoms with Crippen molar-refractivity contribution < 1.29 is 4.42 Å². The minimum absolute atomic E-state index is 0.300. The van der Waals surface area contributed by atoms with Crippen LogP contribution in [0.25, 0.3) is 0 Å². The van der Waals surface area contributed by atoms with Crippen molar-refractivity contribution in [2.24, 2.45) is 7.05 Å². The Morgan fingerprint density at radius 1 is 1.47 bits per heavy atom. The number of hydrogen-bond donors (Lipinski definition) is 1. The number of aromatic nitrogens is 2. The second-order valence-electron chi connectivity index (χ2n) is 4.52. The maximum Gasteiger partial charge on any atom is 0.105 e. The summed E-state index contributed by atoms with van der Waals surface area (Å²) >= 11 is 0. The first-order chi connectivity index (χ1) is 8.15. The van der Waals surface area contributed by atoms with E-state index < -0.39 is 0 Å². The summed E-state index contributed by atoms with van der Waals surface area (Å²) in [6.07, 6.45) is 6.55. The highest BCUT2D eigenvalue weighted by atomic mass is 16.3. The summed E-state index contributed by atoms with van der Waals surface area (Å²) in [5, 5.41) is 7.71. The fourth-order valence-electron chi connectivity index (χ4n) is 1.98. The summed E-state index contributed by atoms with van der Waals surface area (Å²) in [7, 11) is 1.93. The molecule has 92 valence electrons. The first kappa shape index (κ1) is 11.9. The fraction of sp³-hybridized carbons (Fsp3) is 0.462. The first-order valence-corrected chi connectivity index (χ1v) is 5.92. The van der Waals surface area contributed by atoms with Crippen LogP contribution in [0.15, 0.2) is 35.2 Å². The van der Waals surface area contributed by atoms with Crippen LogP contribution < -0.4 is 5.32 Å². The van der Waals surface area contributed by atoms with Gasteiger partial charge in [-0.2, -0.15) is 5.10 Å². The molecular formula is C13H19N3O. The lowest BCUT2D eigenvalue weighted by atomic mass is 10.1. The summed E-state index contributed by atoms with van der Waals surface area (Å²) in [5.74, 6) is 1.02. The van der Waals surface area contributed by atoms with E-state index in [1.165, 1.54) is 5.56 Å². The average molecular weight is 233 g/mol. The van der Waals surface area contributed by atoms with Gasteiger partial charge in [0.15, 0.2) is 0 Å². The summed E-state index contributed by atoms with van der Waals surface area (Å²) in [5.41, 5.74) is 1.21. The number of aryl methyl sites for hydroxylation is 1. The van der Waals surface area contributed by atoms with E-state index in [1.54, 1.807) is 6.26 Å². The van der Waals surface area contributed by atoms with Crippen LogP contribution in [0.1, 0.15) is 31.2 Å². The molecule has 0 fully saturated rings. The lowest BCUT2D eigenvalue weighted by Crippen LogP contribution is -2.30. The van der Waals surface area contributed by atoms with Gasteiger partial charge in [-0.1, -0.05) is 0 Å². The third kappa shape index (κ3) is 3.20. The van der Waals surface area contributed by atoms with Gasteiger partial charge in [-0.25, -0.2) is 0 Å². The van der Waals surface area contributed by atoms with Gasteiger partial charge in [0, 0.05) is 37.3 Å². The molecule has 2 aromatic heterocycles. The van der Waals surface area contributed by atoms with Gasteiger partial charge in [0.25, 0.3) is 0 Å². The highest BCUT2D eigenvalue weighted by Gasteiger charge is 2.12. The molecule has 0 aliphatic rings. The molecule has 2 rings (SSSR count). The molecule has 0 spiro atoms. The maximum atomic E-state index is 5.34. The first-order valence-electron chi connectivity index (χ1n) is 5.92. The van der Waals surface area contributed by atoms with Crippen molar-refractivity contribution in [3.8, 4) is 0 Å². The van der Waals surface area contributed by atoms with Crippen LogP contribution in [0.3, 0.4) is 0 Å². The summed E-state index contributed by atoms with van der Waals surface area (Å²) in [6, 6.07) is 4.60. The molecule has 1 N–H and O–H groups in total. The number of hydrogen-bond acceptors (Lipinski definition) is 3. The van der Waals surface area contributed by atoms with E-state index in [0.717, 1.165) is 12.2 Å². The topological polar surface area (TPSA) is 43.0 Å². The van der Waals surface area contributed by atoms with E-state index in [4.69, 9.17) is 4.42 Å². The monoisotopic (exact) mass is 233 g/mol. The van der Waals surface area contributed by atoms with Crippen molar-refractivity contribution in [3.63, 3.8) is 0 Å². The highest BCUT2D eigenvalue weighted by molar-refractivity contribution is 5.09. The van der Waals surface area contributed by atoms with Crippen molar-refractivity contribution in [2.45, 2.75) is 32.4 Å². The predicted octanol–water partition coefficient (Wildman–Crippen LogP) is 2.29. The van der Waals surface area contributed by atoms with E-state index >= 15 is 0 Å². The Bertz CT molecular complexity index is 447. The zero-order valence-electron chi connectivity index (χ0n) is 10.6. The normalized spacial score (nSPS) is 14.8. The van der Waals surface area contributed by atoms with E-state index in [1.807, 2.05) is 36.3 Å². The average Bonchev–Trinajstić information content (AvgIpc) is 2.89. The van der Waals surface area contributed by atoms with Gasteiger partial charge >= 0.3 is 0 Å². The van der Waals surface area contributed by atoms with Gasteiger partial charge in [0.2, 0.25) is 0 Å². The van der Waals surface area contributed by atoms with Crippen LogP contribution in [0.4, 0.5) is 0 Å². The summed E-state index contributed by atoms with van der Waals surface area (Å²) < 4.78 is 7.16. The Balaban J connectivity index is 1.88. The van der Waals surface area contributed by atoms with E-state index in [-0.39, 0.29) is 0 Å². The second-order valence-corrected chi connectivity index (χ2v) is 4.52. The second kappa shape index (κ2) is 5.19. The van der Waals surface area contributed by atoms with Crippen molar-refractivity contribution >= 4 is 0 Å². The molecule has 2 unspecified atom stereocenters. The summed E-state index contributed by atoms with van der Waals surface area (Å²) in [6.45, 7) is 4.31. The third-order valence-electron chi connectivity index (χ3n) is 2.85. The standard InChI is InChI=1S/C13H19N3O/c1-10(7-13-5-4-6-17-13)15-11(2)12-8-14-16(3)9-12/h4-6,8-11,15H,7H2,1-3H3. The Hall–Kier alpha value is -1.55. The molecule has 2 atom stereocenters. The molecular weight excluding hydrogens is 214 g/mol. The molecule has 0 aliphatic carbocycles. The van der Waals surface area contributed by atoms with Crippen LogP contribution in [0, 0.1) is 0 Å². The van der Waals surface area contributed by atoms with Gasteiger partial charge in [0.05, 0.1) is 12.5 Å². The Labute approximate surface area is 102 Å². The number of nitrogens with one attached hydrogen (secondary N) is 1. The molecule has 0 saturated carbocycles. The highest BCUT2D eigenvalue weighted by Crippen LogP contribution is 2.13. The Morgan fingerprint density at radius 2 is 2.29 bits per heavy atom. The molecule has 0 aliphatic heterocycles. The smallest absolute Gasteiger partial charge is 0.105 e. The van der Waals surface area contributed by atoms with E-state index in [0.29, 0.717) is 12.1 Å². The zero-order chi connectivity index (χ0) is 12.3.